The molecule has 0 bridgehead atoms. The zero-order valence-electron chi connectivity index (χ0n) is 15.0. The molecule has 27 heavy (non-hydrogen) atoms. The summed E-state index contributed by atoms with van der Waals surface area (Å²) in [6, 6.07) is 18.4. The van der Waals surface area contributed by atoms with Crippen LogP contribution in [0, 0.1) is 0 Å². The van der Waals surface area contributed by atoms with E-state index < -0.39 is 0 Å². The number of anilines is 1. The summed E-state index contributed by atoms with van der Waals surface area (Å²) in [7, 11) is 0. The lowest BCUT2D eigenvalue weighted by atomic mass is 10.1. The number of fused-ring (bicyclic) bond motifs is 1. The van der Waals surface area contributed by atoms with Crippen molar-refractivity contribution >= 4 is 35.1 Å². The summed E-state index contributed by atoms with van der Waals surface area (Å²) in [5.74, 6) is 1.27. The third kappa shape index (κ3) is 3.75. The van der Waals surface area contributed by atoms with Crippen LogP contribution in [-0.2, 0) is 11.3 Å². The average molecular weight is 397 g/mol. The van der Waals surface area contributed by atoms with Crippen molar-refractivity contribution in [2.75, 3.05) is 16.4 Å². The number of nitrogens with zero attached hydrogens (tertiary/aromatic N) is 4. The van der Waals surface area contributed by atoms with Crippen LogP contribution >= 0.6 is 23.5 Å². The molecule has 1 aliphatic heterocycles. The van der Waals surface area contributed by atoms with Gasteiger partial charge in [0.05, 0.1) is 17.5 Å². The van der Waals surface area contributed by atoms with Crippen molar-refractivity contribution in [3.63, 3.8) is 0 Å². The quantitative estimate of drug-likeness (QED) is 0.603. The zero-order chi connectivity index (χ0) is 18.6. The van der Waals surface area contributed by atoms with Crippen molar-refractivity contribution in [1.82, 2.24) is 14.8 Å². The second-order valence-electron chi connectivity index (χ2n) is 6.16. The molecule has 0 saturated heterocycles. The number of aryl methyl sites for hydroxylation is 1. The van der Waals surface area contributed by atoms with Crippen molar-refractivity contribution in [2.45, 2.75) is 29.6 Å². The predicted octanol–water partition coefficient (Wildman–Crippen LogP) is 4.27. The van der Waals surface area contributed by atoms with E-state index in [1.807, 2.05) is 64.6 Å². The van der Waals surface area contributed by atoms with Crippen LogP contribution < -0.4 is 4.90 Å². The Balaban J connectivity index is 1.62. The van der Waals surface area contributed by atoms with Gasteiger partial charge in [0.25, 0.3) is 0 Å². The average Bonchev–Trinajstić information content (AvgIpc) is 3.19. The molecule has 5 nitrogen and oxygen atoms in total. The molecule has 0 fully saturated rings. The highest BCUT2D eigenvalue weighted by atomic mass is 32.2. The zero-order valence-corrected chi connectivity index (χ0v) is 16.6. The molecule has 0 saturated carbocycles. The number of carbonyl (C=O) groups is 1. The van der Waals surface area contributed by atoms with Gasteiger partial charge in [0, 0.05) is 17.2 Å². The first-order valence-corrected chi connectivity index (χ1v) is 10.8. The van der Waals surface area contributed by atoms with E-state index in [0.29, 0.717) is 5.75 Å². The van der Waals surface area contributed by atoms with Crippen LogP contribution in [0.25, 0.3) is 0 Å². The van der Waals surface area contributed by atoms with E-state index in [9.17, 15) is 4.79 Å². The summed E-state index contributed by atoms with van der Waals surface area (Å²) in [5, 5.41) is 8.85. The predicted molar refractivity (Wildman–Crippen MR) is 110 cm³/mol. The van der Waals surface area contributed by atoms with Crippen molar-refractivity contribution in [3.05, 3.63) is 66.5 Å². The molecule has 0 spiro atoms. The molecule has 0 aliphatic carbocycles. The Morgan fingerprint density at radius 2 is 1.96 bits per heavy atom. The van der Waals surface area contributed by atoms with Crippen molar-refractivity contribution in [1.29, 1.82) is 0 Å². The van der Waals surface area contributed by atoms with Gasteiger partial charge in [0.1, 0.15) is 6.33 Å². The van der Waals surface area contributed by atoms with E-state index in [4.69, 9.17) is 0 Å². The molecule has 138 valence electrons. The Labute approximate surface area is 167 Å². The highest BCUT2D eigenvalue weighted by molar-refractivity contribution is 8.00. The largest absolute Gasteiger partial charge is 0.309 e. The van der Waals surface area contributed by atoms with Gasteiger partial charge < -0.3 is 9.47 Å². The van der Waals surface area contributed by atoms with E-state index in [2.05, 4.69) is 28.4 Å². The standard InChI is InChI=1S/C20H20N4OS2/c1-2-23-14-21-22-20(23)27-13-19(25)24-16-10-6-7-11-18(16)26-12-17(24)15-8-4-3-5-9-15/h3-11,14,17H,2,12-13H2,1H3/t17-/m0/s1. The molecule has 7 heteroatoms. The Morgan fingerprint density at radius 3 is 2.78 bits per heavy atom. The summed E-state index contributed by atoms with van der Waals surface area (Å²) in [6.45, 7) is 2.83. The fraction of sp³-hybridized carbons (Fsp3) is 0.250. The van der Waals surface area contributed by atoms with Crippen molar-refractivity contribution < 1.29 is 4.79 Å². The van der Waals surface area contributed by atoms with Crippen LogP contribution in [0.3, 0.4) is 0 Å². The number of hydrogen-bond acceptors (Lipinski definition) is 5. The summed E-state index contributed by atoms with van der Waals surface area (Å²) in [5.41, 5.74) is 2.15. The molecule has 1 atom stereocenters. The molecule has 0 unspecified atom stereocenters. The highest BCUT2D eigenvalue weighted by Crippen LogP contribution is 2.43. The molecule has 2 heterocycles. The third-order valence-corrected chi connectivity index (χ3v) is 6.64. The molecular weight excluding hydrogens is 376 g/mol. The van der Waals surface area contributed by atoms with Gasteiger partial charge >= 0.3 is 0 Å². The fourth-order valence-corrected chi connectivity index (χ4v) is 5.19. The van der Waals surface area contributed by atoms with Crippen molar-refractivity contribution in [3.8, 4) is 0 Å². The third-order valence-electron chi connectivity index (χ3n) is 4.53. The van der Waals surface area contributed by atoms with Gasteiger partial charge in [0.2, 0.25) is 5.91 Å². The summed E-state index contributed by atoms with van der Waals surface area (Å²) < 4.78 is 1.95. The van der Waals surface area contributed by atoms with Crippen LogP contribution in [0.2, 0.25) is 0 Å². The van der Waals surface area contributed by atoms with Crippen LogP contribution in [0.4, 0.5) is 5.69 Å². The molecule has 0 N–H and O–H groups in total. The van der Waals surface area contributed by atoms with Gasteiger partial charge in [-0.05, 0) is 24.6 Å². The van der Waals surface area contributed by atoms with Crippen LogP contribution in [0.1, 0.15) is 18.5 Å². The maximum absolute atomic E-state index is 13.3. The van der Waals surface area contributed by atoms with Gasteiger partial charge in [-0.15, -0.1) is 22.0 Å². The van der Waals surface area contributed by atoms with Gasteiger partial charge in [-0.1, -0.05) is 54.2 Å². The Bertz CT molecular complexity index is 928. The number of carbonyl (C=O) groups excluding carboxylic acids is 1. The lowest BCUT2D eigenvalue weighted by Gasteiger charge is -2.37. The number of para-hydroxylation sites is 1. The second kappa shape index (κ2) is 8.19. The van der Waals surface area contributed by atoms with Crippen LogP contribution in [0.5, 0.6) is 0 Å². The molecule has 3 aromatic rings. The molecule has 1 aromatic heterocycles. The monoisotopic (exact) mass is 396 g/mol. The van der Waals surface area contributed by atoms with Crippen LogP contribution in [-0.4, -0.2) is 32.2 Å². The van der Waals surface area contributed by atoms with E-state index in [1.165, 1.54) is 11.8 Å². The lowest BCUT2D eigenvalue weighted by molar-refractivity contribution is -0.116. The van der Waals surface area contributed by atoms with Gasteiger partial charge in [-0.2, -0.15) is 0 Å². The minimum Gasteiger partial charge on any atom is -0.309 e. The first kappa shape index (κ1) is 18.1. The number of rotatable bonds is 5. The minimum absolute atomic E-state index is 0.0308. The Morgan fingerprint density at radius 1 is 1.19 bits per heavy atom. The van der Waals surface area contributed by atoms with Gasteiger partial charge in [0.15, 0.2) is 5.16 Å². The first-order chi connectivity index (χ1) is 13.3. The number of amides is 1. The number of thioether (sulfide) groups is 2. The van der Waals surface area contributed by atoms with E-state index >= 15 is 0 Å². The molecule has 4 rings (SSSR count). The summed E-state index contributed by atoms with van der Waals surface area (Å²) >= 11 is 3.25. The maximum atomic E-state index is 13.3. The number of benzene rings is 2. The number of aromatic nitrogens is 3. The smallest absolute Gasteiger partial charge is 0.238 e. The van der Waals surface area contributed by atoms with Gasteiger partial charge in [-0.25, -0.2) is 0 Å². The van der Waals surface area contributed by atoms with E-state index in [1.54, 1.807) is 6.33 Å². The minimum atomic E-state index is 0.0308. The molecule has 1 aliphatic rings. The molecular formula is C20H20N4OS2. The first-order valence-electron chi connectivity index (χ1n) is 8.87. The van der Waals surface area contributed by atoms with Crippen LogP contribution in [0.15, 0.2) is 71.0 Å². The Hall–Kier alpha value is -2.25. The topological polar surface area (TPSA) is 51.0 Å². The van der Waals surface area contributed by atoms with Gasteiger partial charge in [-0.3, -0.25) is 4.79 Å². The molecule has 2 aromatic carbocycles. The second-order valence-corrected chi connectivity index (χ2v) is 8.16. The maximum Gasteiger partial charge on any atom is 0.238 e. The fourth-order valence-electron chi connectivity index (χ4n) is 3.19. The van der Waals surface area contributed by atoms with E-state index in [0.717, 1.165) is 33.6 Å². The molecule has 1 amide bonds. The Kier molecular flexibility index (Phi) is 5.50. The number of hydrogen-bond donors (Lipinski definition) is 0. The van der Waals surface area contributed by atoms with E-state index in [-0.39, 0.29) is 11.9 Å². The highest BCUT2D eigenvalue weighted by Gasteiger charge is 2.32. The summed E-state index contributed by atoms with van der Waals surface area (Å²) in [4.78, 5) is 16.4. The summed E-state index contributed by atoms with van der Waals surface area (Å²) in [6.07, 6.45) is 1.70. The van der Waals surface area contributed by atoms with Crippen molar-refractivity contribution in [2.24, 2.45) is 0 Å². The SMILES string of the molecule is CCn1cnnc1SCC(=O)N1c2ccccc2SC[C@H]1c1ccccc1. The normalized spacial score (nSPS) is 16.2. The molecule has 0 radical (unpaired) electrons. The lowest BCUT2D eigenvalue weighted by Crippen LogP contribution is -2.39.